The van der Waals surface area contributed by atoms with Crippen LogP contribution in [0.1, 0.15) is 0 Å². The number of nitrogens with zero attached hydrogens (tertiary/aromatic N) is 1. The Morgan fingerprint density at radius 3 is 1.77 bits per heavy atom. The summed E-state index contributed by atoms with van der Waals surface area (Å²) < 4.78 is 29.2. The molecule has 0 amide bonds. The van der Waals surface area contributed by atoms with Gasteiger partial charge in [-0.1, -0.05) is 12.1 Å². The quantitative estimate of drug-likeness (QED) is 0.252. The largest absolute Gasteiger partial charge is 0.343 e. The zero-order chi connectivity index (χ0) is 21.5. The van der Waals surface area contributed by atoms with Crippen LogP contribution in [0.15, 0.2) is 110 Å². The normalized spacial score (nSPS) is 11.5. The Balaban J connectivity index is 1.77. The van der Waals surface area contributed by atoms with Crippen LogP contribution in [0.3, 0.4) is 0 Å². The SMILES string of the molecule is Cn1c2ccccc2c(=O)c2cc([S+](c3ccc(F)cc3)c3ccc(F)cc3)ccc21. The first-order valence-electron chi connectivity index (χ1n) is 9.80. The molecular weight excluding hydrogens is 412 g/mol. The van der Waals surface area contributed by atoms with Gasteiger partial charge < -0.3 is 4.57 Å². The van der Waals surface area contributed by atoms with Gasteiger partial charge in [-0.2, -0.15) is 0 Å². The van der Waals surface area contributed by atoms with Crippen LogP contribution in [0.5, 0.6) is 0 Å². The van der Waals surface area contributed by atoms with Crippen LogP contribution >= 0.6 is 0 Å². The molecule has 5 rings (SSSR count). The fraction of sp³-hybridized carbons (Fsp3) is 0.0385. The smallest absolute Gasteiger partial charge is 0.197 e. The van der Waals surface area contributed by atoms with Crippen LogP contribution in [0.2, 0.25) is 0 Å². The van der Waals surface area contributed by atoms with E-state index in [9.17, 15) is 13.6 Å². The Hall–Kier alpha value is -3.44. The molecule has 152 valence electrons. The van der Waals surface area contributed by atoms with Crippen molar-refractivity contribution in [1.29, 1.82) is 0 Å². The molecule has 0 N–H and O–H groups in total. The van der Waals surface area contributed by atoms with E-state index in [-0.39, 0.29) is 17.1 Å². The lowest BCUT2D eigenvalue weighted by Gasteiger charge is -2.12. The third kappa shape index (κ3) is 3.41. The minimum absolute atomic E-state index is 0.0210. The third-order valence-electron chi connectivity index (χ3n) is 5.42. The van der Waals surface area contributed by atoms with Gasteiger partial charge in [-0.05, 0) is 72.8 Å². The van der Waals surface area contributed by atoms with E-state index in [1.165, 1.54) is 24.3 Å². The highest BCUT2D eigenvalue weighted by Gasteiger charge is 2.29. The van der Waals surface area contributed by atoms with Crippen LogP contribution in [0.25, 0.3) is 21.8 Å². The number of para-hydroxylation sites is 1. The van der Waals surface area contributed by atoms with E-state index in [4.69, 9.17) is 0 Å². The molecular formula is C26H18F2NOS+. The average molecular weight is 430 g/mol. The molecule has 2 nitrogen and oxygen atoms in total. The summed E-state index contributed by atoms with van der Waals surface area (Å²) in [6.07, 6.45) is 0. The molecule has 1 aromatic heterocycles. The maximum absolute atomic E-state index is 13.6. The van der Waals surface area contributed by atoms with Gasteiger partial charge in [-0.15, -0.1) is 0 Å². The Labute approximate surface area is 180 Å². The van der Waals surface area contributed by atoms with Crippen molar-refractivity contribution >= 4 is 32.7 Å². The summed E-state index contributed by atoms with van der Waals surface area (Å²) in [6, 6.07) is 26.1. The Kier molecular flexibility index (Phi) is 4.83. The number of aromatic nitrogens is 1. The van der Waals surface area contributed by atoms with Crippen molar-refractivity contribution in [1.82, 2.24) is 4.57 Å². The number of pyridine rings is 1. The number of hydrogen-bond donors (Lipinski definition) is 0. The second-order valence-electron chi connectivity index (χ2n) is 7.30. The van der Waals surface area contributed by atoms with Crippen LogP contribution in [0.4, 0.5) is 8.78 Å². The first-order valence-corrected chi connectivity index (χ1v) is 11.0. The molecule has 5 heteroatoms. The maximum Gasteiger partial charge on any atom is 0.197 e. The first-order chi connectivity index (χ1) is 15.0. The number of fused-ring (bicyclic) bond motifs is 2. The highest BCUT2D eigenvalue weighted by Crippen LogP contribution is 2.33. The lowest BCUT2D eigenvalue weighted by atomic mass is 10.1. The predicted molar refractivity (Wildman–Crippen MR) is 122 cm³/mol. The fourth-order valence-corrected chi connectivity index (χ4v) is 5.97. The van der Waals surface area contributed by atoms with Crippen molar-refractivity contribution in [3.05, 3.63) is 113 Å². The molecule has 0 atom stereocenters. The van der Waals surface area contributed by atoms with Crippen LogP contribution in [-0.2, 0) is 17.9 Å². The zero-order valence-electron chi connectivity index (χ0n) is 16.7. The summed E-state index contributed by atoms with van der Waals surface area (Å²) >= 11 is 0. The molecule has 0 saturated heterocycles. The van der Waals surface area contributed by atoms with Crippen molar-refractivity contribution in [2.24, 2.45) is 7.05 Å². The lowest BCUT2D eigenvalue weighted by molar-refractivity contribution is 0.626. The number of rotatable bonds is 3. The molecule has 0 bridgehead atoms. The van der Waals surface area contributed by atoms with Crippen molar-refractivity contribution in [2.75, 3.05) is 0 Å². The number of benzene rings is 4. The first kappa shape index (κ1) is 19.5. The van der Waals surface area contributed by atoms with Gasteiger partial charge >= 0.3 is 0 Å². The van der Waals surface area contributed by atoms with Gasteiger partial charge in [-0.3, -0.25) is 4.79 Å². The molecule has 31 heavy (non-hydrogen) atoms. The van der Waals surface area contributed by atoms with E-state index in [1.54, 1.807) is 24.3 Å². The van der Waals surface area contributed by atoms with E-state index in [1.807, 2.05) is 54.1 Å². The number of hydrogen-bond acceptors (Lipinski definition) is 1. The average Bonchev–Trinajstić information content (AvgIpc) is 2.80. The van der Waals surface area contributed by atoms with Gasteiger partial charge in [0.05, 0.1) is 27.3 Å². The molecule has 0 spiro atoms. The summed E-state index contributed by atoms with van der Waals surface area (Å²) in [5.41, 5.74) is 1.70. The topological polar surface area (TPSA) is 22.0 Å². The third-order valence-corrected chi connectivity index (χ3v) is 7.63. The fourth-order valence-electron chi connectivity index (χ4n) is 3.90. The zero-order valence-corrected chi connectivity index (χ0v) is 17.5. The van der Waals surface area contributed by atoms with Crippen LogP contribution in [-0.4, -0.2) is 4.57 Å². The van der Waals surface area contributed by atoms with Crippen LogP contribution < -0.4 is 5.43 Å². The van der Waals surface area contributed by atoms with Crippen LogP contribution in [0, 0.1) is 11.6 Å². The molecule has 0 aliphatic rings. The summed E-state index contributed by atoms with van der Waals surface area (Å²) in [5, 5.41) is 1.29. The van der Waals surface area contributed by atoms with E-state index >= 15 is 0 Å². The van der Waals surface area contributed by atoms with E-state index in [0.717, 1.165) is 25.7 Å². The van der Waals surface area contributed by atoms with Gasteiger partial charge in [0.25, 0.3) is 0 Å². The second-order valence-corrected chi connectivity index (χ2v) is 9.32. The number of halogens is 2. The Bertz CT molecular complexity index is 1430. The lowest BCUT2D eigenvalue weighted by Crippen LogP contribution is -2.11. The summed E-state index contributed by atoms with van der Waals surface area (Å²) in [5.74, 6) is -0.629. The monoisotopic (exact) mass is 430 g/mol. The Morgan fingerprint density at radius 1 is 0.645 bits per heavy atom. The Morgan fingerprint density at radius 2 is 1.16 bits per heavy atom. The minimum atomic E-state index is -0.617. The van der Waals surface area contributed by atoms with Crippen molar-refractivity contribution in [3.8, 4) is 0 Å². The van der Waals surface area contributed by atoms with E-state index in [0.29, 0.717) is 10.8 Å². The molecule has 0 saturated carbocycles. The van der Waals surface area contributed by atoms with Gasteiger partial charge in [0.15, 0.2) is 20.1 Å². The molecule has 0 aliphatic heterocycles. The summed E-state index contributed by atoms with van der Waals surface area (Å²) in [7, 11) is 1.33. The van der Waals surface area contributed by atoms with E-state index < -0.39 is 10.9 Å². The summed E-state index contributed by atoms with van der Waals surface area (Å²) in [4.78, 5) is 16.0. The molecule has 1 heterocycles. The van der Waals surface area contributed by atoms with E-state index in [2.05, 4.69) is 0 Å². The van der Waals surface area contributed by atoms with Crippen molar-refractivity contribution < 1.29 is 8.78 Å². The van der Waals surface area contributed by atoms with Crippen molar-refractivity contribution in [2.45, 2.75) is 14.7 Å². The molecule has 0 aliphatic carbocycles. The molecule has 0 unspecified atom stereocenters. The molecule has 0 fully saturated rings. The van der Waals surface area contributed by atoms with Gasteiger partial charge in [0.2, 0.25) is 0 Å². The number of aryl methyl sites for hydroxylation is 1. The molecule has 4 aromatic carbocycles. The maximum atomic E-state index is 13.6. The second kappa shape index (κ2) is 7.67. The molecule has 0 radical (unpaired) electrons. The van der Waals surface area contributed by atoms with Gasteiger partial charge in [0, 0.05) is 18.5 Å². The van der Waals surface area contributed by atoms with Gasteiger partial charge in [0.1, 0.15) is 11.6 Å². The summed E-state index contributed by atoms with van der Waals surface area (Å²) in [6.45, 7) is 0. The highest BCUT2D eigenvalue weighted by molar-refractivity contribution is 7.97. The van der Waals surface area contributed by atoms with Gasteiger partial charge in [-0.25, -0.2) is 8.78 Å². The predicted octanol–water partition coefficient (Wildman–Crippen LogP) is 6.07. The van der Waals surface area contributed by atoms with Crippen molar-refractivity contribution in [3.63, 3.8) is 0 Å². The standard InChI is InChI=1S/C26H18F2NOS/c1-29-24-5-3-2-4-22(24)26(30)23-16-21(14-15-25(23)29)31(19-10-6-17(27)7-11-19)20-12-8-18(28)9-13-20/h2-16H,1H3/q+1. The minimum Gasteiger partial charge on any atom is -0.343 e. The highest BCUT2D eigenvalue weighted by atomic mass is 32.2. The molecule has 5 aromatic rings.